The normalized spacial score (nSPS) is 12.6. The molecule has 1 atom stereocenters. The van der Waals surface area contributed by atoms with Crippen LogP contribution in [0.1, 0.15) is 23.6 Å². The van der Waals surface area contributed by atoms with Gasteiger partial charge < -0.3 is 10.6 Å². The monoisotopic (exact) mass is 407 g/mol. The number of nitrogens with zero attached hydrogens (tertiary/aromatic N) is 1. The zero-order valence-corrected chi connectivity index (χ0v) is 16.7. The number of aryl methyl sites for hydroxylation is 2. The Morgan fingerprint density at radius 2 is 1.62 bits per heavy atom. The van der Waals surface area contributed by atoms with Gasteiger partial charge in [-0.1, -0.05) is 24.3 Å². The van der Waals surface area contributed by atoms with Crippen molar-refractivity contribution < 1.29 is 22.8 Å². The number of hydrogen-bond donors (Lipinski definition) is 2. The molecule has 0 bridgehead atoms. The summed E-state index contributed by atoms with van der Waals surface area (Å²) < 4.78 is 38.4. The average molecular weight is 407 g/mol. The molecule has 0 spiro atoms. The molecule has 8 heteroatoms. The molecule has 0 aliphatic carbocycles. The molecule has 2 amide bonds. The SMILES string of the molecule is Cc1cccc(C)c1NC(=O)CN(C)[C@H](C)C(=O)Nc1cccc(C(F)(F)F)c1. The predicted octanol–water partition coefficient (Wildman–Crippen LogP) is 4.22. The summed E-state index contributed by atoms with van der Waals surface area (Å²) in [4.78, 5) is 26.3. The lowest BCUT2D eigenvalue weighted by Gasteiger charge is -2.24. The van der Waals surface area contributed by atoms with E-state index in [0.717, 1.165) is 28.9 Å². The van der Waals surface area contributed by atoms with Gasteiger partial charge in [-0.15, -0.1) is 0 Å². The minimum Gasteiger partial charge on any atom is -0.325 e. The number of nitrogens with one attached hydrogen (secondary N) is 2. The molecule has 2 rings (SSSR count). The van der Waals surface area contributed by atoms with Gasteiger partial charge >= 0.3 is 6.18 Å². The van der Waals surface area contributed by atoms with Crippen LogP contribution in [0, 0.1) is 13.8 Å². The number of carbonyl (C=O) groups excluding carboxylic acids is 2. The first kappa shape index (κ1) is 22.4. The van der Waals surface area contributed by atoms with Crippen LogP contribution in [0.5, 0.6) is 0 Å². The Bertz CT molecular complexity index is 877. The van der Waals surface area contributed by atoms with Crippen molar-refractivity contribution in [1.29, 1.82) is 0 Å². The van der Waals surface area contributed by atoms with Gasteiger partial charge in [-0.2, -0.15) is 13.2 Å². The predicted molar refractivity (Wildman–Crippen MR) is 107 cm³/mol. The Morgan fingerprint density at radius 1 is 1.03 bits per heavy atom. The molecule has 0 unspecified atom stereocenters. The summed E-state index contributed by atoms with van der Waals surface area (Å²) in [5, 5.41) is 5.30. The van der Waals surface area contributed by atoms with E-state index in [1.807, 2.05) is 32.0 Å². The summed E-state index contributed by atoms with van der Waals surface area (Å²) in [5.74, 6) is -0.796. The summed E-state index contributed by atoms with van der Waals surface area (Å²) in [6.45, 7) is 5.30. The lowest BCUT2D eigenvalue weighted by atomic mass is 10.1. The number of carbonyl (C=O) groups is 2. The first-order valence-electron chi connectivity index (χ1n) is 9.03. The van der Waals surface area contributed by atoms with Gasteiger partial charge in [0, 0.05) is 11.4 Å². The maximum atomic E-state index is 12.8. The van der Waals surface area contributed by atoms with Gasteiger partial charge in [-0.05, 0) is 57.1 Å². The molecule has 0 heterocycles. The van der Waals surface area contributed by atoms with Crippen molar-refractivity contribution in [2.24, 2.45) is 0 Å². The highest BCUT2D eigenvalue weighted by Gasteiger charge is 2.30. The molecule has 0 radical (unpaired) electrons. The van der Waals surface area contributed by atoms with Crippen LogP contribution in [-0.2, 0) is 15.8 Å². The highest BCUT2D eigenvalue weighted by molar-refractivity contribution is 5.96. The molecule has 2 aromatic carbocycles. The van der Waals surface area contributed by atoms with E-state index in [9.17, 15) is 22.8 Å². The van der Waals surface area contributed by atoms with Gasteiger partial charge in [0.15, 0.2) is 0 Å². The molecule has 156 valence electrons. The third kappa shape index (κ3) is 6.05. The molecule has 2 N–H and O–H groups in total. The molecule has 29 heavy (non-hydrogen) atoms. The molecule has 0 aliphatic rings. The van der Waals surface area contributed by atoms with E-state index in [2.05, 4.69) is 10.6 Å². The zero-order chi connectivity index (χ0) is 21.8. The first-order chi connectivity index (χ1) is 13.5. The number of alkyl halides is 3. The Labute approximate surface area is 167 Å². The van der Waals surface area contributed by atoms with Crippen molar-refractivity contribution in [3.63, 3.8) is 0 Å². The van der Waals surface area contributed by atoms with Crippen LogP contribution >= 0.6 is 0 Å². The fraction of sp³-hybridized carbons (Fsp3) is 0.333. The highest BCUT2D eigenvalue weighted by atomic mass is 19.4. The van der Waals surface area contributed by atoms with Crippen LogP contribution in [0.4, 0.5) is 24.5 Å². The summed E-state index contributed by atoms with van der Waals surface area (Å²) in [6.07, 6.45) is -4.49. The molecule has 0 aliphatic heterocycles. The molecule has 0 aromatic heterocycles. The number of halogens is 3. The summed E-state index contributed by atoms with van der Waals surface area (Å²) in [7, 11) is 1.60. The molecule has 5 nitrogen and oxygen atoms in total. The smallest absolute Gasteiger partial charge is 0.325 e. The van der Waals surface area contributed by atoms with Crippen molar-refractivity contribution in [2.45, 2.75) is 33.0 Å². The Hall–Kier alpha value is -2.87. The van der Waals surface area contributed by atoms with Gasteiger partial charge in [-0.25, -0.2) is 0 Å². The number of rotatable bonds is 6. The van der Waals surface area contributed by atoms with E-state index in [-0.39, 0.29) is 18.1 Å². The fourth-order valence-electron chi connectivity index (χ4n) is 2.77. The summed E-state index contributed by atoms with van der Waals surface area (Å²) >= 11 is 0. The quantitative estimate of drug-likeness (QED) is 0.754. The van der Waals surface area contributed by atoms with E-state index in [1.54, 1.807) is 14.0 Å². The van der Waals surface area contributed by atoms with E-state index in [1.165, 1.54) is 17.0 Å². The van der Waals surface area contributed by atoms with Gasteiger partial charge in [0.2, 0.25) is 11.8 Å². The van der Waals surface area contributed by atoms with Gasteiger partial charge in [-0.3, -0.25) is 14.5 Å². The Kier molecular flexibility index (Phi) is 7.02. The lowest BCUT2D eigenvalue weighted by molar-refractivity contribution is -0.137. The van der Waals surface area contributed by atoms with Crippen LogP contribution in [-0.4, -0.2) is 36.3 Å². The molecule has 0 fully saturated rings. The number of anilines is 2. The van der Waals surface area contributed by atoms with E-state index in [0.29, 0.717) is 0 Å². The first-order valence-corrected chi connectivity index (χ1v) is 9.03. The minimum absolute atomic E-state index is 0.0464. The highest BCUT2D eigenvalue weighted by Crippen LogP contribution is 2.30. The second kappa shape index (κ2) is 9.09. The number of para-hydroxylation sites is 1. The summed E-state index contributed by atoms with van der Waals surface area (Å²) in [5.41, 5.74) is 1.79. The number of amides is 2. The Morgan fingerprint density at radius 3 is 2.21 bits per heavy atom. The van der Waals surface area contributed by atoms with Crippen molar-refractivity contribution >= 4 is 23.2 Å². The maximum absolute atomic E-state index is 12.8. The topological polar surface area (TPSA) is 61.4 Å². The summed E-state index contributed by atoms with van der Waals surface area (Å²) in [6, 6.07) is 9.36. The standard InChI is InChI=1S/C21H24F3N3O2/c1-13-7-5-8-14(2)19(13)26-18(28)12-27(4)15(3)20(29)25-17-10-6-9-16(11-17)21(22,23)24/h5-11,15H,12H2,1-4H3,(H,25,29)(H,26,28)/t15-/m1/s1. The molecular formula is C21H24F3N3O2. The van der Waals surface area contributed by atoms with Gasteiger partial charge in [0.25, 0.3) is 0 Å². The minimum atomic E-state index is -4.49. The van der Waals surface area contributed by atoms with Crippen LogP contribution in [0.3, 0.4) is 0 Å². The lowest BCUT2D eigenvalue weighted by Crippen LogP contribution is -2.43. The van der Waals surface area contributed by atoms with Crippen LogP contribution in [0.25, 0.3) is 0 Å². The largest absolute Gasteiger partial charge is 0.416 e. The molecule has 2 aromatic rings. The molecular weight excluding hydrogens is 383 g/mol. The third-order valence-corrected chi connectivity index (χ3v) is 4.64. The maximum Gasteiger partial charge on any atom is 0.416 e. The van der Waals surface area contributed by atoms with E-state index in [4.69, 9.17) is 0 Å². The zero-order valence-electron chi connectivity index (χ0n) is 16.7. The Balaban J connectivity index is 1.98. The number of benzene rings is 2. The van der Waals surface area contributed by atoms with Crippen molar-refractivity contribution in [3.05, 3.63) is 59.2 Å². The molecule has 0 saturated carbocycles. The van der Waals surface area contributed by atoms with Crippen LogP contribution in [0.2, 0.25) is 0 Å². The third-order valence-electron chi connectivity index (χ3n) is 4.64. The fourth-order valence-corrected chi connectivity index (χ4v) is 2.77. The van der Waals surface area contributed by atoms with Crippen LogP contribution in [0.15, 0.2) is 42.5 Å². The van der Waals surface area contributed by atoms with Gasteiger partial charge in [0.05, 0.1) is 18.2 Å². The van der Waals surface area contributed by atoms with Crippen molar-refractivity contribution in [2.75, 3.05) is 24.2 Å². The van der Waals surface area contributed by atoms with Gasteiger partial charge in [0.1, 0.15) is 0 Å². The average Bonchev–Trinajstić information content (AvgIpc) is 2.63. The van der Waals surface area contributed by atoms with Crippen molar-refractivity contribution in [1.82, 2.24) is 4.90 Å². The van der Waals surface area contributed by atoms with Crippen LogP contribution < -0.4 is 10.6 Å². The second-order valence-electron chi connectivity index (χ2n) is 6.97. The van der Waals surface area contributed by atoms with E-state index >= 15 is 0 Å². The molecule has 0 saturated heterocycles. The van der Waals surface area contributed by atoms with E-state index < -0.39 is 23.7 Å². The number of hydrogen-bond acceptors (Lipinski definition) is 3. The van der Waals surface area contributed by atoms with Crippen molar-refractivity contribution in [3.8, 4) is 0 Å². The second-order valence-corrected chi connectivity index (χ2v) is 6.97. The number of likely N-dealkylation sites (N-methyl/N-ethyl adjacent to an activating group) is 1.